The molecule has 2 aromatic rings. The molecule has 0 saturated heterocycles. The van der Waals surface area contributed by atoms with Crippen LogP contribution in [0.25, 0.3) is 0 Å². The number of anilines is 2. The number of nitrogens with one attached hydrogen (secondary N) is 3. The molecule has 2 amide bonds. The van der Waals surface area contributed by atoms with E-state index in [0.29, 0.717) is 29.4 Å². The highest BCUT2D eigenvalue weighted by Gasteiger charge is 2.08. The van der Waals surface area contributed by atoms with Gasteiger partial charge in [0.25, 0.3) is 0 Å². The van der Waals surface area contributed by atoms with E-state index in [9.17, 15) is 13.2 Å². The van der Waals surface area contributed by atoms with E-state index in [1.165, 1.54) is 0 Å². The first-order valence-electron chi connectivity index (χ1n) is 7.78. The Hall–Kier alpha value is -2.25. The molecule has 6 nitrogen and oxygen atoms in total. The Labute approximate surface area is 152 Å². The Balaban J connectivity index is 1.85. The van der Waals surface area contributed by atoms with Gasteiger partial charge >= 0.3 is 6.03 Å². The van der Waals surface area contributed by atoms with Crippen molar-refractivity contribution in [2.24, 2.45) is 0 Å². The normalized spacial score (nSPS) is 11.0. The van der Waals surface area contributed by atoms with Gasteiger partial charge in [0.15, 0.2) is 0 Å². The summed E-state index contributed by atoms with van der Waals surface area (Å²) in [6.45, 7) is 2.17. The summed E-state index contributed by atoms with van der Waals surface area (Å²) in [4.78, 5) is 11.9. The predicted octanol–water partition coefficient (Wildman–Crippen LogP) is 3.81. The van der Waals surface area contributed by atoms with Crippen molar-refractivity contribution in [1.29, 1.82) is 0 Å². The summed E-state index contributed by atoms with van der Waals surface area (Å²) in [7, 11) is -3.32. The minimum atomic E-state index is -3.32. The third-order valence-electron chi connectivity index (χ3n) is 3.26. The monoisotopic (exact) mass is 381 g/mol. The zero-order valence-electron chi connectivity index (χ0n) is 13.8. The summed E-state index contributed by atoms with van der Waals surface area (Å²) < 4.78 is 25.9. The molecule has 0 atom stereocenters. The van der Waals surface area contributed by atoms with Gasteiger partial charge in [-0.3, -0.25) is 4.72 Å². The maximum absolute atomic E-state index is 11.9. The highest BCUT2D eigenvalue weighted by molar-refractivity contribution is 7.92. The number of amides is 2. The number of carbonyl (C=O) groups is 1. The number of urea groups is 1. The Bertz CT molecular complexity index is 806. The number of benzene rings is 2. The van der Waals surface area contributed by atoms with Crippen molar-refractivity contribution >= 4 is 39.0 Å². The van der Waals surface area contributed by atoms with Crippen LogP contribution >= 0.6 is 11.6 Å². The maximum Gasteiger partial charge on any atom is 0.319 e. The van der Waals surface area contributed by atoms with Crippen molar-refractivity contribution in [3.8, 4) is 0 Å². The number of rotatable bonds is 7. The zero-order valence-corrected chi connectivity index (χ0v) is 15.3. The van der Waals surface area contributed by atoms with E-state index in [1.807, 2.05) is 12.1 Å². The molecular formula is C17H20ClN3O3S. The second-order valence-corrected chi connectivity index (χ2v) is 7.71. The molecule has 2 aromatic carbocycles. The average molecular weight is 382 g/mol. The molecule has 0 aromatic heterocycles. The van der Waals surface area contributed by atoms with Crippen molar-refractivity contribution in [3.63, 3.8) is 0 Å². The van der Waals surface area contributed by atoms with Gasteiger partial charge in [-0.15, -0.1) is 0 Å². The lowest BCUT2D eigenvalue weighted by molar-refractivity contribution is 0.251. The SMILES string of the molecule is CCCS(=O)(=O)Nc1ccc(NC(=O)NCc2ccc(Cl)cc2)cc1. The molecule has 0 spiro atoms. The van der Waals surface area contributed by atoms with Crippen LogP contribution in [-0.2, 0) is 16.6 Å². The topological polar surface area (TPSA) is 87.3 Å². The molecule has 25 heavy (non-hydrogen) atoms. The van der Waals surface area contributed by atoms with Gasteiger partial charge < -0.3 is 10.6 Å². The van der Waals surface area contributed by atoms with Crippen LogP contribution in [0.2, 0.25) is 5.02 Å². The molecule has 0 fully saturated rings. The maximum atomic E-state index is 11.9. The summed E-state index contributed by atoms with van der Waals surface area (Å²) in [6.07, 6.45) is 0.544. The lowest BCUT2D eigenvalue weighted by Crippen LogP contribution is -2.28. The fourth-order valence-electron chi connectivity index (χ4n) is 2.08. The third-order valence-corrected chi connectivity index (χ3v) is 5.00. The van der Waals surface area contributed by atoms with Crippen molar-refractivity contribution < 1.29 is 13.2 Å². The van der Waals surface area contributed by atoms with Gasteiger partial charge in [-0.1, -0.05) is 30.7 Å². The van der Waals surface area contributed by atoms with E-state index in [-0.39, 0.29) is 11.8 Å². The van der Waals surface area contributed by atoms with Crippen LogP contribution in [-0.4, -0.2) is 20.2 Å². The fourth-order valence-corrected chi connectivity index (χ4v) is 3.34. The van der Waals surface area contributed by atoms with Crippen LogP contribution < -0.4 is 15.4 Å². The second kappa shape index (κ2) is 8.73. The Morgan fingerprint density at radius 2 is 1.60 bits per heavy atom. The first kappa shape index (κ1) is 19.1. The molecule has 0 saturated carbocycles. The average Bonchev–Trinajstić information content (AvgIpc) is 2.56. The van der Waals surface area contributed by atoms with Gasteiger partial charge in [0, 0.05) is 22.9 Å². The molecular weight excluding hydrogens is 362 g/mol. The molecule has 0 aliphatic heterocycles. The smallest absolute Gasteiger partial charge is 0.319 e. The number of halogens is 1. The molecule has 0 heterocycles. The van der Waals surface area contributed by atoms with Crippen LogP contribution in [0.1, 0.15) is 18.9 Å². The molecule has 134 valence electrons. The molecule has 8 heteroatoms. The minimum Gasteiger partial charge on any atom is -0.334 e. The minimum absolute atomic E-state index is 0.0695. The van der Waals surface area contributed by atoms with E-state index in [0.717, 1.165) is 5.56 Å². The largest absolute Gasteiger partial charge is 0.334 e. The first-order chi connectivity index (χ1) is 11.9. The standard InChI is InChI=1S/C17H20ClN3O3S/c1-2-11-25(23,24)21-16-9-7-15(8-10-16)20-17(22)19-12-13-3-5-14(18)6-4-13/h3-10,21H,2,11-12H2,1H3,(H2,19,20,22). The molecule has 0 unspecified atom stereocenters. The molecule has 3 N–H and O–H groups in total. The van der Waals surface area contributed by atoms with Crippen LogP contribution in [0, 0.1) is 0 Å². The summed E-state index contributed by atoms with van der Waals surface area (Å²) in [6, 6.07) is 13.3. The highest BCUT2D eigenvalue weighted by atomic mass is 35.5. The third kappa shape index (κ3) is 6.64. The summed E-state index contributed by atoms with van der Waals surface area (Å²) >= 11 is 5.81. The van der Waals surface area contributed by atoms with Gasteiger partial charge in [-0.2, -0.15) is 0 Å². The van der Waals surface area contributed by atoms with Gasteiger partial charge in [-0.05, 0) is 48.4 Å². The molecule has 0 bridgehead atoms. The van der Waals surface area contributed by atoms with E-state index in [2.05, 4.69) is 15.4 Å². The van der Waals surface area contributed by atoms with Crippen LogP contribution in [0.3, 0.4) is 0 Å². The predicted molar refractivity (Wildman–Crippen MR) is 101 cm³/mol. The van der Waals surface area contributed by atoms with Crippen LogP contribution in [0.4, 0.5) is 16.2 Å². The van der Waals surface area contributed by atoms with Crippen LogP contribution in [0.15, 0.2) is 48.5 Å². The van der Waals surface area contributed by atoms with E-state index in [4.69, 9.17) is 11.6 Å². The number of sulfonamides is 1. The number of hydrogen-bond donors (Lipinski definition) is 3. The van der Waals surface area contributed by atoms with Crippen molar-refractivity contribution in [2.75, 3.05) is 15.8 Å². The second-order valence-electron chi connectivity index (χ2n) is 5.43. The van der Waals surface area contributed by atoms with E-state index >= 15 is 0 Å². The summed E-state index contributed by atoms with van der Waals surface area (Å²) in [5.41, 5.74) is 1.95. The van der Waals surface area contributed by atoms with Crippen molar-refractivity contribution in [1.82, 2.24) is 5.32 Å². The number of hydrogen-bond acceptors (Lipinski definition) is 3. The highest BCUT2D eigenvalue weighted by Crippen LogP contribution is 2.15. The molecule has 2 rings (SSSR count). The van der Waals surface area contributed by atoms with Crippen molar-refractivity contribution in [2.45, 2.75) is 19.9 Å². The summed E-state index contributed by atoms with van der Waals surface area (Å²) in [5, 5.41) is 6.06. The van der Waals surface area contributed by atoms with E-state index in [1.54, 1.807) is 43.3 Å². The lowest BCUT2D eigenvalue weighted by Gasteiger charge is -2.10. The van der Waals surface area contributed by atoms with Gasteiger partial charge in [0.2, 0.25) is 10.0 Å². The Morgan fingerprint density at radius 1 is 1.00 bits per heavy atom. The fraction of sp³-hybridized carbons (Fsp3) is 0.235. The quantitative estimate of drug-likeness (QED) is 0.681. The Morgan fingerprint density at radius 3 is 2.20 bits per heavy atom. The van der Waals surface area contributed by atoms with E-state index < -0.39 is 10.0 Å². The first-order valence-corrected chi connectivity index (χ1v) is 9.81. The molecule has 0 aliphatic carbocycles. The zero-order chi connectivity index (χ0) is 18.3. The molecule has 0 aliphatic rings. The van der Waals surface area contributed by atoms with Gasteiger partial charge in [-0.25, -0.2) is 13.2 Å². The molecule has 0 radical (unpaired) electrons. The van der Waals surface area contributed by atoms with Crippen LogP contribution in [0.5, 0.6) is 0 Å². The van der Waals surface area contributed by atoms with Crippen molar-refractivity contribution in [3.05, 3.63) is 59.1 Å². The van der Waals surface area contributed by atoms with Gasteiger partial charge in [0.1, 0.15) is 0 Å². The lowest BCUT2D eigenvalue weighted by atomic mass is 10.2. The summed E-state index contributed by atoms with van der Waals surface area (Å²) in [5.74, 6) is 0.0695. The van der Waals surface area contributed by atoms with Gasteiger partial charge in [0.05, 0.1) is 5.75 Å². The number of carbonyl (C=O) groups excluding carboxylic acids is 1. The Kier molecular flexibility index (Phi) is 6.66.